The number of aliphatic hydroxyl groups excluding tert-OH is 1. The molecule has 0 aromatic rings. The lowest BCUT2D eigenvalue weighted by molar-refractivity contribution is -0.128. The number of hydrogen-bond donors (Lipinski definition) is 2. The van der Waals surface area contributed by atoms with Crippen LogP contribution in [-0.4, -0.2) is 24.2 Å². The number of likely N-dealkylation sites (N-methyl/N-ethyl adjacent to an activating group) is 1. The molecule has 0 aliphatic rings. The van der Waals surface area contributed by atoms with Crippen LogP contribution in [0.3, 0.4) is 0 Å². The van der Waals surface area contributed by atoms with Gasteiger partial charge in [0.25, 0.3) is 0 Å². The van der Waals surface area contributed by atoms with Crippen LogP contribution in [0.2, 0.25) is 0 Å². The average molecular weight is 129 g/mol. The minimum absolute atomic E-state index is 0.305. The number of amides is 1. The zero-order valence-electron chi connectivity index (χ0n) is 5.42. The summed E-state index contributed by atoms with van der Waals surface area (Å²) in [5.41, 5.74) is 0. The molecular formula is C6H11NO2. The highest BCUT2D eigenvalue weighted by Gasteiger charge is 2.08. The molecule has 0 aromatic heterocycles. The Morgan fingerprint density at radius 1 is 2.00 bits per heavy atom. The fraction of sp³-hybridized carbons (Fsp3) is 0.500. The minimum atomic E-state index is -0.938. The first-order valence-corrected chi connectivity index (χ1v) is 2.73. The SMILES string of the molecule is C=CCC(O)C(=O)NC. The monoisotopic (exact) mass is 129 g/mol. The number of carbonyl (C=O) groups is 1. The molecular weight excluding hydrogens is 118 g/mol. The van der Waals surface area contributed by atoms with E-state index >= 15 is 0 Å². The van der Waals surface area contributed by atoms with Crippen LogP contribution in [0.15, 0.2) is 12.7 Å². The highest BCUT2D eigenvalue weighted by atomic mass is 16.3. The van der Waals surface area contributed by atoms with Crippen LogP contribution in [-0.2, 0) is 4.79 Å². The summed E-state index contributed by atoms with van der Waals surface area (Å²) in [6, 6.07) is 0. The summed E-state index contributed by atoms with van der Waals surface area (Å²) in [4.78, 5) is 10.5. The van der Waals surface area contributed by atoms with Gasteiger partial charge in [-0.1, -0.05) is 6.08 Å². The smallest absolute Gasteiger partial charge is 0.248 e. The molecule has 1 unspecified atom stereocenters. The Kier molecular flexibility index (Phi) is 3.71. The van der Waals surface area contributed by atoms with Gasteiger partial charge in [0.05, 0.1) is 0 Å². The first-order chi connectivity index (χ1) is 4.22. The van der Waals surface area contributed by atoms with E-state index in [9.17, 15) is 4.79 Å². The summed E-state index contributed by atoms with van der Waals surface area (Å²) in [5, 5.41) is 11.1. The summed E-state index contributed by atoms with van der Waals surface area (Å²) >= 11 is 0. The Morgan fingerprint density at radius 2 is 2.56 bits per heavy atom. The third-order valence-corrected chi connectivity index (χ3v) is 0.939. The van der Waals surface area contributed by atoms with Gasteiger partial charge in [-0.15, -0.1) is 6.58 Å². The van der Waals surface area contributed by atoms with Gasteiger partial charge in [-0.25, -0.2) is 0 Å². The molecule has 3 heteroatoms. The van der Waals surface area contributed by atoms with E-state index in [1.807, 2.05) is 0 Å². The fourth-order valence-corrected chi connectivity index (χ4v) is 0.432. The van der Waals surface area contributed by atoms with Gasteiger partial charge in [-0.2, -0.15) is 0 Å². The predicted octanol–water partition coefficient (Wildman–Crippen LogP) is -0.331. The van der Waals surface area contributed by atoms with Crippen LogP contribution >= 0.6 is 0 Å². The zero-order chi connectivity index (χ0) is 7.28. The van der Waals surface area contributed by atoms with Crippen molar-refractivity contribution in [2.75, 3.05) is 7.05 Å². The van der Waals surface area contributed by atoms with Crippen LogP contribution in [0.5, 0.6) is 0 Å². The van der Waals surface area contributed by atoms with Gasteiger partial charge in [-0.05, 0) is 0 Å². The van der Waals surface area contributed by atoms with E-state index in [2.05, 4.69) is 11.9 Å². The lowest BCUT2D eigenvalue weighted by atomic mass is 10.2. The van der Waals surface area contributed by atoms with Crippen molar-refractivity contribution in [1.29, 1.82) is 0 Å². The lowest BCUT2D eigenvalue weighted by Crippen LogP contribution is -2.31. The molecule has 0 rings (SSSR count). The summed E-state index contributed by atoms with van der Waals surface area (Å²) in [6.45, 7) is 3.38. The van der Waals surface area contributed by atoms with Gasteiger partial charge in [0, 0.05) is 13.5 Å². The molecule has 9 heavy (non-hydrogen) atoms. The number of aliphatic hydroxyl groups is 1. The second-order valence-corrected chi connectivity index (χ2v) is 1.65. The van der Waals surface area contributed by atoms with Crippen LogP contribution in [0.4, 0.5) is 0 Å². The lowest BCUT2D eigenvalue weighted by Gasteiger charge is -2.03. The zero-order valence-corrected chi connectivity index (χ0v) is 5.42. The van der Waals surface area contributed by atoms with Crippen LogP contribution < -0.4 is 5.32 Å². The number of nitrogens with one attached hydrogen (secondary N) is 1. The molecule has 0 fully saturated rings. The third kappa shape index (κ3) is 2.87. The van der Waals surface area contributed by atoms with Gasteiger partial charge in [0.15, 0.2) is 0 Å². The van der Waals surface area contributed by atoms with Crippen molar-refractivity contribution in [3.05, 3.63) is 12.7 Å². The number of carbonyl (C=O) groups excluding carboxylic acids is 1. The van der Waals surface area contributed by atoms with Gasteiger partial charge in [-0.3, -0.25) is 4.79 Å². The van der Waals surface area contributed by atoms with Crippen molar-refractivity contribution in [3.8, 4) is 0 Å². The second kappa shape index (κ2) is 4.09. The summed E-state index contributed by atoms with van der Waals surface area (Å²) in [5.74, 6) is -0.366. The normalized spacial score (nSPS) is 12.2. The highest BCUT2D eigenvalue weighted by molar-refractivity contribution is 5.80. The van der Waals surface area contributed by atoms with E-state index in [0.717, 1.165) is 0 Å². The van der Waals surface area contributed by atoms with E-state index in [-0.39, 0.29) is 5.91 Å². The molecule has 0 saturated carbocycles. The minimum Gasteiger partial charge on any atom is -0.383 e. The van der Waals surface area contributed by atoms with Crippen molar-refractivity contribution < 1.29 is 9.90 Å². The molecule has 3 nitrogen and oxygen atoms in total. The van der Waals surface area contributed by atoms with Crippen molar-refractivity contribution >= 4 is 5.91 Å². The molecule has 0 radical (unpaired) electrons. The Hall–Kier alpha value is -0.830. The highest BCUT2D eigenvalue weighted by Crippen LogP contribution is 1.89. The van der Waals surface area contributed by atoms with Crippen molar-refractivity contribution in [2.24, 2.45) is 0 Å². The van der Waals surface area contributed by atoms with Crippen LogP contribution in [0.1, 0.15) is 6.42 Å². The van der Waals surface area contributed by atoms with Crippen molar-refractivity contribution in [1.82, 2.24) is 5.32 Å². The molecule has 1 amide bonds. The van der Waals surface area contributed by atoms with Gasteiger partial charge >= 0.3 is 0 Å². The maximum Gasteiger partial charge on any atom is 0.248 e. The molecule has 0 aliphatic carbocycles. The van der Waals surface area contributed by atoms with Crippen LogP contribution in [0, 0.1) is 0 Å². The molecule has 0 aliphatic heterocycles. The van der Waals surface area contributed by atoms with E-state index < -0.39 is 6.10 Å². The standard InChI is InChI=1S/C6H11NO2/c1-3-4-5(8)6(9)7-2/h3,5,8H,1,4H2,2H3,(H,7,9). The van der Waals surface area contributed by atoms with Crippen molar-refractivity contribution in [3.63, 3.8) is 0 Å². The van der Waals surface area contributed by atoms with E-state index in [4.69, 9.17) is 5.11 Å². The molecule has 0 bridgehead atoms. The average Bonchev–Trinajstić information content (AvgIpc) is 1.87. The van der Waals surface area contributed by atoms with E-state index in [1.165, 1.54) is 13.1 Å². The van der Waals surface area contributed by atoms with E-state index in [1.54, 1.807) is 0 Å². The molecule has 2 N–H and O–H groups in total. The van der Waals surface area contributed by atoms with Gasteiger partial charge in [0.1, 0.15) is 6.10 Å². The van der Waals surface area contributed by atoms with Gasteiger partial charge in [0.2, 0.25) is 5.91 Å². The Bertz CT molecular complexity index is 112. The molecule has 1 atom stereocenters. The van der Waals surface area contributed by atoms with Gasteiger partial charge < -0.3 is 10.4 Å². The quantitative estimate of drug-likeness (QED) is 0.512. The second-order valence-electron chi connectivity index (χ2n) is 1.65. The molecule has 0 saturated heterocycles. The fourth-order valence-electron chi connectivity index (χ4n) is 0.432. The maximum absolute atomic E-state index is 10.5. The third-order valence-electron chi connectivity index (χ3n) is 0.939. The van der Waals surface area contributed by atoms with Crippen LogP contribution in [0.25, 0.3) is 0 Å². The van der Waals surface area contributed by atoms with E-state index in [0.29, 0.717) is 6.42 Å². The molecule has 0 heterocycles. The summed E-state index contributed by atoms with van der Waals surface area (Å²) < 4.78 is 0. The topological polar surface area (TPSA) is 49.3 Å². The molecule has 52 valence electrons. The summed E-state index contributed by atoms with van der Waals surface area (Å²) in [7, 11) is 1.48. The molecule has 0 aromatic carbocycles. The van der Waals surface area contributed by atoms with Crippen molar-refractivity contribution in [2.45, 2.75) is 12.5 Å². The summed E-state index contributed by atoms with van der Waals surface area (Å²) in [6.07, 6.45) is 0.868. The first kappa shape index (κ1) is 8.17. The Balaban J connectivity index is 3.58. The Morgan fingerprint density at radius 3 is 2.89 bits per heavy atom. The first-order valence-electron chi connectivity index (χ1n) is 2.73. The number of rotatable bonds is 3. The maximum atomic E-state index is 10.5. The predicted molar refractivity (Wildman–Crippen MR) is 34.9 cm³/mol. The Labute approximate surface area is 54.4 Å². The largest absolute Gasteiger partial charge is 0.383 e. The number of hydrogen-bond acceptors (Lipinski definition) is 2. The molecule has 0 spiro atoms.